The highest BCUT2D eigenvalue weighted by molar-refractivity contribution is 9.10. The first kappa shape index (κ1) is 14.6. The van der Waals surface area contributed by atoms with E-state index in [4.69, 9.17) is 21.1 Å². The molecule has 4 nitrogen and oxygen atoms in total. The molecule has 2 rings (SSSR count). The maximum Gasteiger partial charge on any atom is 0.411 e. The van der Waals surface area contributed by atoms with Crippen molar-refractivity contribution in [3.05, 3.63) is 34.3 Å². The molecule has 104 valence electrons. The molecule has 0 aromatic heterocycles. The van der Waals surface area contributed by atoms with Crippen molar-refractivity contribution >= 4 is 33.6 Å². The maximum absolute atomic E-state index is 11.8. The number of hydrogen-bond donors (Lipinski definition) is 0. The number of carbonyl (C=O) groups excluding carboxylic acids is 1. The van der Waals surface area contributed by atoms with Gasteiger partial charge in [-0.3, -0.25) is 0 Å². The second-order valence-corrected chi connectivity index (χ2v) is 5.81. The summed E-state index contributed by atoms with van der Waals surface area (Å²) in [7, 11) is 0. The smallest absolute Gasteiger partial charge is 0.411 e. The number of halogens is 2. The lowest BCUT2D eigenvalue weighted by Gasteiger charge is -2.32. The van der Waals surface area contributed by atoms with Crippen LogP contribution in [0.3, 0.4) is 0 Å². The Bertz CT molecular complexity index is 438. The van der Waals surface area contributed by atoms with Crippen LogP contribution in [0.5, 0.6) is 0 Å². The predicted octanol–water partition coefficient (Wildman–Crippen LogP) is 3.54. The normalized spacial score (nSPS) is 21.0. The van der Waals surface area contributed by atoms with Gasteiger partial charge in [0.25, 0.3) is 0 Å². The van der Waals surface area contributed by atoms with Crippen molar-refractivity contribution in [2.45, 2.75) is 18.6 Å². The van der Waals surface area contributed by atoms with E-state index >= 15 is 0 Å². The Morgan fingerprint density at radius 1 is 1.53 bits per heavy atom. The number of morpholine rings is 1. The molecule has 1 amide bonds. The lowest BCUT2D eigenvalue weighted by Crippen LogP contribution is -2.43. The summed E-state index contributed by atoms with van der Waals surface area (Å²) in [6.45, 7) is 3.11. The van der Waals surface area contributed by atoms with Crippen LogP contribution in [-0.2, 0) is 9.47 Å². The fourth-order valence-electron chi connectivity index (χ4n) is 1.91. The third-order valence-electron chi connectivity index (χ3n) is 2.83. The van der Waals surface area contributed by atoms with Crippen LogP contribution in [0.2, 0.25) is 0 Å². The van der Waals surface area contributed by atoms with Gasteiger partial charge in [0.1, 0.15) is 6.10 Å². The molecular weight excluding hydrogens is 334 g/mol. The van der Waals surface area contributed by atoms with Gasteiger partial charge in [-0.2, -0.15) is 0 Å². The molecule has 1 saturated heterocycles. The molecule has 0 aliphatic carbocycles. The fourth-order valence-corrected chi connectivity index (χ4v) is 2.25. The minimum atomic E-state index is -0.624. The van der Waals surface area contributed by atoms with Gasteiger partial charge < -0.3 is 14.4 Å². The topological polar surface area (TPSA) is 38.8 Å². The van der Waals surface area contributed by atoms with Crippen LogP contribution >= 0.6 is 27.5 Å². The third kappa shape index (κ3) is 4.09. The molecule has 2 atom stereocenters. The molecule has 0 bridgehead atoms. The Balaban J connectivity index is 2.00. The average Bonchev–Trinajstić information content (AvgIpc) is 2.39. The van der Waals surface area contributed by atoms with Gasteiger partial charge in [0, 0.05) is 11.0 Å². The summed E-state index contributed by atoms with van der Waals surface area (Å²) < 4.78 is 11.7. The van der Waals surface area contributed by atoms with Gasteiger partial charge in [0.2, 0.25) is 0 Å². The maximum atomic E-state index is 11.8. The Morgan fingerprint density at radius 3 is 2.84 bits per heavy atom. The van der Waals surface area contributed by atoms with Crippen molar-refractivity contribution < 1.29 is 14.3 Å². The second-order valence-electron chi connectivity index (χ2n) is 4.28. The molecule has 6 heteroatoms. The van der Waals surface area contributed by atoms with E-state index in [1.165, 1.54) is 0 Å². The van der Waals surface area contributed by atoms with Gasteiger partial charge in [-0.05, 0) is 24.6 Å². The summed E-state index contributed by atoms with van der Waals surface area (Å²) in [5, 5.41) is 0. The molecule has 1 heterocycles. The summed E-state index contributed by atoms with van der Waals surface area (Å²) in [5.41, 5.74) is 0.418. The van der Waals surface area contributed by atoms with Crippen molar-refractivity contribution in [1.29, 1.82) is 0 Å². The van der Waals surface area contributed by atoms with Crippen LogP contribution in [0.25, 0.3) is 0 Å². The monoisotopic (exact) mass is 347 g/mol. The van der Waals surface area contributed by atoms with Crippen molar-refractivity contribution in [2.75, 3.05) is 19.7 Å². The summed E-state index contributed by atoms with van der Waals surface area (Å²) in [6.07, 6.45) is -0.520. The minimum Gasteiger partial charge on any atom is -0.430 e. The summed E-state index contributed by atoms with van der Waals surface area (Å²) in [5.74, 6) is 0. The van der Waals surface area contributed by atoms with E-state index in [9.17, 15) is 4.79 Å². The van der Waals surface area contributed by atoms with Gasteiger partial charge in [-0.1, -0.05) is 39.7 Å². The molecule has 1 aromatic carbocycles. The number of hydrogen-bond acceptors (Lipinski definition) is 3. The standard InChI is InChI=1S/C13H15BrClNO3/c1-9(15)19-13(17)16-6-7-18-12(8-16)10-2-4-11(14)5-3-10/h2-5,9,12H,6-8H2,1H3/t9?,12-/m0/s1. The number of rotatable bonds is 2. The number of amides is 1. The average molecular weight is 349 g/mol. The molecule has 1 aromatic rings. The van der Waals surface area contributed by atoms with E-state index in [0.29, 0.717) is 19.7 Å². The predicted molar refractivity (Wildman–Crippen MR) is 76.2 cm³/mol. The first-order valence-corrected chi connectivity index (χ1v) is 7.26. The van der Waals surface area contributed by atoms with Crippen molar-refractivity contribution in [3.8, 4) is 0 Å². The highest BCUT2D eigenvalue weighted by atomic mass is 79.9. The van der Waals surface area contributed by atoms with E-state index in [0.717, 1.165) is 10.0 Å². The highest BCUT2D eigenvalue weighted by Gasteiger charge is 2.26. The van der Waals surface area contributed by atoms with Crippen LogP contribution in [0.1, 0.15) is 18.6 Å². The molecule has 1 aliphatic rings. The number of alkyl halides is 1. The largest absolute Gasteiger partial charge is 0.430 e. The van der Waals surface area contributed by atoms with Crippen molar-refractivity contribution in [1.82, 2.24) is 4.90 Å². The van der Waals surface area contributed by atoms with Crippen molar-refractivity contribution in [2.24, 2.45) is 0 Å². The lowest BCUT2D eigenvalue weighted by molar-refractivity contribution is -0.0296. The SMILES string of the molecule is CC(Cl)OC(=O)N1CCO[C@H](c2ccc(Br)cc2)C1. The van der Waals surface area contributed by atoms with E-state index in [-0.39, 0.29) is 6.10 Å². The quantitative estimate of drug-likeness (QED) is 0.767. The Hall–Kier alpha value is -0.780. The summed E-state index contributed by atoms with van der Waals surface area (Å²) in [4.78, 5) is 13.4. The van der Waals surface area contributed by atoms with Gasteiger partial charge >= 0.3 is 6.09 Å². The van der Waals surface area contributed by atoms with E-state index in [1.54, 1.807) is 11.8 Å². The Kier molecular flexibility index (Phi) is 5.07. The zero-order valence-corrected chi connectivity index (χ0v) is 12.9. The highest BCUT2D eigenvalue weighted by Crippen LogP contribution is 2.24. The Labute approximate surface area is 125 Å². The van der Waals surface area contributed by atoms with E-state index < -0.39 is 11.7 Å². The fraction of sp³-hybridized carbons (Fsp3) is 0.462. The zero-order valence-electron chi connectivity index (χ0n) is 10.5. The molecular formula is C13H15BrClNO3. The lowest BCUT2D eigenvalue weighted by atomic mass is 10.1. The molecule has 0 radical (unpaired) electrons. The van der Waals surface area contributed by atoms with E-state index in [1.807, 2.05) is 24.3 Å². The number of nitrogens with zero attached hydrogens (tertiary/aromatic N) is 1. The van der Waals surface area contributed by atoms with Crippen LogP contribution in [0, 0.1) is 0 Å². The van der Waals surface area contributed by atoms with Gasteiger partial charge in [0.05, 0.1) is 13.2 Å². The van der Waals surface area contributed by atoms with Crippen LogP contribution < -0.4 is 0 Å². The van der Waals surface area contributed by atoms with Crippen LogP contribution in [-0.4, -0.2) is 36.3 Å². The molecule has 0 N–H and O–H groups in total. The van der Waals surface area contributed by atoms with Gasteiger partial charge in [-0.15, -0.1) is 0 Å². The summed E-state index contributed by atoms with van der Waals surface area (Å²) in [6, 6.07) is 7.87. The first-order valence-electron chi connectivity index (χ1n) is 6.03. The van der Waals surface area contributed by atoms with Crippen LogP contribution in [0.4, 0.5) is 4.79 Å². The zero-order chi connectivity index (χ0) is 13.8. The molecule has 0 saturated carbocycles. The number of carbonyl (C=O) groups is 1. The molecule has 1 fully saturated rings. The Morgan fingerprint density at radius 2 is 2.21 bits per heavy atom. The number of benzene rings is 1. The molecule has 1 aliphatic heterocycles. The van der Waals surface area contributed by atoms with E-state index in [2.05, 4.69) is 15.9 Å². The van der Waals surface area contributed by atoms with Crippen LogP contribution in [0.15, 0.2) is 28.7 Å². The van der Waals surface area contributed by atoms with Gasteiger partial charge in [-0.25, -0.2) is 4.79 Å². The third-order valence-corrected chi connectivity index (χ3v) is 3.45. The second kappa shape index (κ2) is 6.59. The minimum absolute atomic E-state index is 0.125. The van der Waals surface area contributed by atoms with Gasteiger partial charge in [0.15, 0.2) is 5.56 Å². The summed E-state index contributed by atoms with van der Waals surface area (Å²) >= 11 is 9.05. The van der Waals surface area contributed by atoms with Crippen molar-refractivity contribution in [3.63, 3.8) is 0 Å². The molecule has 0 spiro atoms. The number of ether oxygens (including phenoxy) is 2. The molecule has 19 heavy (non-hydrogen) atoms. The molecule has 1 unspecified atom stereocenters. The first-order chi connectivity index (χ1) is 9.06.